The molecule has 0 aromatic carbocycles. The fourth-order valence-corrected chi connectivity index (χ4v) is 3.86. The molecule has 2 N–H and O–H groups in total. The lowest BCUT2D eigenvalue weighted by molar-refractivity contribution is -0.0174. The molecule has 1 saturated carbocycles. The standard InChI is InChI=1S/C18H36N4O/c1-5-16-6-8-17(9-7-16)21-18(19-4)20-12-14(2)22-10-11-23-13-15(22)3/h14-17H,5-13H2,1-4H3,(H2,19,20,21). The van der Waals surface area contributed by atoms with E-state index in [0.717, 1.165) is 38.2 Å². The molecule has 0 spiro atoms. The first-order valence-electron chi connectivity index (χ1n) is 9.44. The van der Waals surface area contributed by atoms with Crippen molar-refractivity contribution < 1.29 is 4.74 Å². The highest BCUT2D eigenvalue weighted by atomic mass is 16.5. The number of nitrogens with one attached hydrogen (secondary N) is 2. The van der Waals surface area contributed by atoms with Crippen LogP contribution in [0.1, 0.15) is 52.9 Å². The molecule has 2 unspecified atom stereocenters. The first-order chi connectivity index (χ1) is 11.1. The Labute approximate surface area is 142 Å². The molecule has 23 heavy (non-hydrogen) atoms. The van der Waals surface area contributed by atoms with Crippen molar-refractivity contribution >= 4 is 5.96 Å². The number of nitrogens with zero attached hydrogens (tertiary/aromatic N) is 2. The van der Waals surface area contributed by atoms with Gasteiger partial charge >= 0.3 is 0 Å². The van der Waals surface area contributed by atoms with Crippen molar-refractivity contribution in [1.29, 1.82) is 0 Å². The molecule has 1 aliphatic carbocycles. The monoisotopic (exact) mass is 324 g/mol. The van der Waals surface area contributed by atoms with Gasteiger partial charge in [0.15, 0.2) is 5.96 Å². The number of hydrogen-bond acceptors (Lipinski definition) is 3. The SMILES string of the molecule is CCC1CCC(NC(=NC)NCC(C)N2CCOCC2C)CC1. The van der Waals surface area contributed by atoms with E-state index in [2.05, 4.69) is 41.3 Å². The molecule has 0 radical (unpaired) electrons. The third kappa shape index (κ3) is 5.64. The number of rotatable bonds is 5. The van der Waals surface area contributed by atoms with E-state index >= 15 is 0 Å². The van der Waals surface area contributed by atoms with Crippen LogP contribution in [0.3, 0.4) is 0 Å². The Morgan fingerprint density at radius 1 is 1.30 bits per heavy atom. The van der Waals surface area contributed by atoms with Crippen LogP contribution in [0.15, 0.2) is 4.99 Å². The van der Waals surface area contributed by atoms with Crippen LogP contribution >= 0.6 is 0 Å². The van der Waals surface area contributed by atoms with E-state index in [0.29, 0.717) is 18.1 Å². The van der Waals surface area contributed by atoms with Gasteiger partial charge in [0.25, 0.3) is 0 Å². The molecule has 0 aromatic heterocycles. The quantitative estimate of drug-likeness (QED) is 0.601. The lowest BCUT2D eigenvalue weighted by atomic mass is 9.84. The summed E-state index contributed by atoms with van der Waals surface area (Å²) >= 11 is 0. The fraction of sp³-hybridized carbons (Fsp3) is 0.944. The van der Waals surface area contributed by atoms with Gasteiger partial charge in [0.1, 0.15) is 0 Å². The summed E-state index contributed by atoms with van der Waals surface area (Å²) < 4.78 is 5.53. The second-order valence-corrected chi connectivity index (χ2v) is 7.23. The van der Waals surface area contributed by atoms with E-state index in [-0.39, 0.29) is 0 Å². The van der Waals surface area contributed by atoms with Crippen molar-refractivity contribution in [2.24, 2.45) is 10.9 Å². The molecule has 1 aliphatic heterocycles. The summed E-state index contributed by atoms with van der Waals surface area (Å²) in [6, 6.07) is 1.57. The maximum Gasteiger partial charge on any atom is 0.191 e. The number of hydrogen-bond donors (Lipinski definition) is 2. The van der Waals surface area contributed by atoms with Crippen molar-refractivity contribution in [3.05, 3.63) is 0 Å². The molecule has 5 heteroatoms. The van der Waals surface area contributed by atoms with Crippen molar-refractivity contribution in [2.45, 2.75) is 71.0 Å². The van der Waals surface area contributed by atoms with E-state index in [1.165, 1.54) is 32.1 Å². The van der Waals surface area contributed by atoms with E-state index < -0.39 is 0 Å². The van der Waals surface area contributed by atoms with Gasteiger partial charge in [-0.15, -0.1) is 0 Å². The molecule has 2 fully saturated rings. The molecule has 134 valence electrons. The van der Waals surface area contributed by atoms with Gasteiger partial charge in [0.05, 0.1) is 13.2 Å². The minimum atomic E-state index is 0.489. The topological polar surface area (TPSA) is 48.9 Å². The number of aliphatic imine (C=N–C) groups is 1. The molecular formula is C18H36N4O. The van der Waals surface area contributed by atoms with Gasteiger partial charge in [0, 0.05) is 38.3 Å². The van der Waals surface area contributed by atoms with Gasteiger partial charge in [-0.1, -0.05) is 13.3 Å². The summed E-state index contributed by atoms with van der Waals surface area (Å²) in [5.74, 6) is 1.89. The van der Waals surface area contributed by atoms with Crippen molar-refractivity contribution in [1.82, 2.24) is 15.5 Å². The molecule has 1 saturated heterocycles. The molecular weight excluding hydrogens is 288 g/mol. The number of guanidine groups is 1. The summed E-state index contributed by atoms with van der Waals surface area (Å²) in [4.78, 5) is 6.93. The zero-order valence-corrected chi connectivity index (χ0v) is 15.5. The zero-order valence-electron chi connectivity index (χ0n) is 15.5. The van der Waals surface area contributed by atoms with Crippen molar-refractivity contribution in [3.8, 4) is 0 Å². The predicted octanol–water partition coefficient (Wildman–Crippen LogP) is 2.23. The maximum atomic E-state index is 5.53. The van der Waals surface area contributed by atoms with E-state index in [1.807, 2.05) is 7.05 Å². The van der Waals surface area contributed by atoms with Crippen LogP contribution in [0.2, 0.25) is 0 Å². The van der Waals surface area contributed by atoms with Crippen molar-refractivity contribution in [3.63, 3.8) is 0 Å². The van der Waals surface area contributed by atoms with Gasteiger partial charge in [-0.2, -0.15) is 0 Å². The van der Waals surface area contributed by atoms with E-state index in [4.69, 9.17) is 4.74 Å². The molecule has 0 amide bonds. The largest absolute Gasteiger partial charge is 0.379 e. The minimum Gasteiger partial charge on any atom is -0.379 e. The lowest BCUT2D eigenvalue weighted by Crippen LogP contribution is -2.53. The number of morpholine rings is 1. The second kappa shape index (κ2) is 9.48. The summed E-state index contributed by atoms with van der Waals surface area (Å²) in [6.07, 6.45) is 6.58. The van der Waals surface area contributed by atoms with Gasteiger partial charge in [0.2, 0.25) is 0 Å². The lowest BCUT2D eigenvalue weighted by Gasteiger charge is -2.38. The zero-order chi connectivity index (χ0) is 16.7. The Morgan fingerprint density at radius 2 is 2.04 bits per heavy atom. The Kier molecular flexibility index (Phi) is 7.63. The molecule has 5 nitrogen and oxygen atoms in total. The molecule has 0 bridgehead atoms. The Morgan fingerprint density at radius 3 is 2.65 bits per heavy atom. The van der Waals surface area contributed by atoms with Gasteiger partial charge in [-0.25, -0.2) is 0 Å². The molecule has 2 aliphatic rings. The minimum absolute atomic E-state index is 0.489. The maximum absolute atomic E-state index is 5.53. The van der Waals surface area contributed by atoms with Gasteiger partial charge < -0.3 is 15.4 Å². The third-order valence-electron chi connectivity index (χ3n) is 5.54. The van der Waals surface area contributed by atoms with E-state index in [1.54, 1.807) is 0 Å². The third-order valence-corrected chi connectivity index (χ3v) is 5.54. The summed E-state index contributed by atoms with van der Waals surface area (Å²) in [7, 11) is 1.87. The van der Waals surface area contributed by atoms with Crippen LogP contribution in [0.5, 0.6) is 0 Å². The first-order valence-corrected chi connectivity index (χ1v) is 9.44. The summed E-state index contributed by atoms with van der Waals surface area (Å²) in [5.41, 5.74) is 0. The summed E-state index contributed by atoms with van der Waals surface area (Å²) in [5, 5.41) is 7.13. The average Bonchev–Trinajstić information content (AvgIpc) is 2.59. The Bertz CT molecular complexity index is 366. The fourth-order valence-electron chi connectivity index (χ4n) is 3.86. The van der Waals surface area contributed by atoms with E-state index in [9.17, 15) is 0 Å². The van der Waals surface area contributed by atoms with Crippen LogP contribution in [0.25, 0.3) is 0 Å². The van der Waals surface area contributed by atoms with Crippen LogP contribution in [0, 0.1) is 5.92 Å². The highest BCUT2D eigenvalue weighted by molar-refractivity contribution is 5.80. The molecule has 1 heterocycles. The van der Waals surface area contributed by atoms with Crippen LogP contribution in [-0.2, 0) is 4.74 Å². The van der Waals surface area contributed by atoms with Crippen LogP contribution in [0.4, 0.5) is 0 Å². The summed E-state index contributed by atoms with van der Waals surface area (Å²) in [6.45, 7) is 10.5. The Balaban J connectivity index is 1.72. The van der Waals surface area contributed by atoms with Crippen LogP contribution < -0.4 is 10.6 Å². The normalized spacial score (nSPS) is 31.7. The highest BCUT2D eigenvalue weighted by Gasteiger charge is 2.24. The second-order valence-electron chi connectivity index (χ2n) is 7.23. The Hall–Kier alpha value is -0.810. The molecule has 0 aromatic rings. The predicted molar refractivity (Wildman–Crippen MR) is 97.0 cm³/mol. The smallest absolute Gasteiger partial charge is 0.191 e. The molecule has 2 rings (SSSR count). The van der Waals surface area contributed by atoms with Gasteiger partial charge in [-0.3, -0.25) is 9.89 Å². The van der Waals surface area contributed by atoms with Crippen LogP contribution in [-0.4, -0.2) is 62.3 Å². The van der Waals surface area contributed by atoms with Crippen molar-refractivity contribution in [2.75, 3.05) is 33.4 Å². The molecule has 2 atom stereocenters. The average molecular weight is 325 g/mol. The van der Waals surface area contributed by atoms with Gasteiger partial charge in [-0.05, 0) is 45.4 Å². The first kappa shape index (κ1) is 18.5. The highest BCUT2D eigenvalue weighted by Crippen LogP contribution is 2.26. The number of ether oxygens (including phenoxy) is 1.